The smallest absolute Gasteiger partial charge is 0.337 e. The van der Waals surface area contributed by atoms with Crippen molar-refractivity contribution in [1.29, 1.82) is 0 Å². The molecule has 2 N–H and O–H groups in total. The van der Waals surface area contributed by atoms with Gasteiger partial charge in [-0.25, -0.2) is 4.79 Å². The summed E-state index contributed by atoms with van der Waals surface area (Å²) in [6.07, 6.45) is 0. The average molecular weight is 268 g/mol. The number of thiocarbonyl (C=S) groups is 1. The van der Waals surface area contributed by atoms with E-state index in [1.165, 1.54) is 7.11 Å². The van der Waals surface area contributed by atoms with Crippen molar-refractivity contribution in [1.82, 2.24) is 10.6 Å². The summed E-state index contributed by atoms with van der Waals surface area (Å²) in [5.41, 5.74) is 1.31. The second-order valence-electron chi connectivity index (χ2n) is 3.58. The lowest BCUT2D eigenvalue weighted by Crippen LogP contribution is -2.44. The maximum absolute atomic E-state index is 11.8. The Morgan fingerprint density at radius 1 is 1.59 bits per heavy atom. The minimum atomic E-state index is -0.344. The maximum Gasteiger partial charge on any atom is 0.337 e. The van der Waals surface area contributed by atoms with Crippen LogP contribution in [0.2, 0.25) is 0 Å². The second kappa shape index (κ2) is 4.85. The number of thiophene rings is 1. The van der Waals surface area contributed by atoms with Gasteiger partial charge in [-0.15, -0.1) is 11.3 Å². The van der Waals surface area contributed by atoms with Crippen LogP contribution in [0.4, 0.5) is 0 Å². The van der Waals surface area contributed by atoms with Crippen LogP contribution in [0, 0.1) is 0 Å². The Labute approximate surface area is 109 Å². The molecule has 6 heteroatoms. The zero-order chi connectivity index (χ0) is 12.4. The molecule has 1 aliphatic heterocycles. The summed E-state index contributed by atoms with van der Waals surface area (Å²) in [4.78, 5) is 12.8. The van der Waals surface area contributed by atoms with Crippen LogP contribution in [0.25, 0.3) is 0 Å². The second-order valence-corrected chi connectivity index (χ2v) is 4.96. The van der Waals surface area contributed by atoms with Gasteiger partial charge in [-0.2, -0.15) is 0 Å². The molecule has 0 saturated heterocycles. The molecule has 1 aromatic rings. The zero-order valence-corrected chi connectivity index (χ0v) is 11.1. The molecule has 4 nitrogen and oxygen atoms in total. The number of rotatable bonds is 2. The van der Waals surface area contributed by atoms with Gasteiger partial charge in [0.05, 0.1) is 18.7 Å². The van der Waals surface area contributed by atoms with E-state index in [2.05, 4.69) is 10.6 Å². The molecule has 2 heterocycles. The largest absolute Gasteiger partial charge is 0.466 e. The summed E-state index contributed by atoms with van der Waals surface area (Å²) in [5, 5.41) is 8.51. The molecule has 90 valence electrons. The van der Waals surface area contributed by atoms with Gasteiger partial charge in [-0.1, -0.05) is 6.07 Å². The zero-order valence-electron chi connectivity index (χ0n) is 9.44. The molecule has 0 bridgehead atoms. The predicted molar refractivity (Wildman–Crippen MR) is 70.6 cm³/mol. The Kier molecular flexibility index (Phi) is 3.44. The SMILES string of the molecule is COC(=O)C1=C(C)NC(=S)N[C@H]1c1cccs1. The van der Waals surface area contributed by atoms with E-state index in [9.17, 15) is 4.79 Å². The monoisotopic (exact) mass is 268 g/mol. The van der Waals surface area contributed by atoms with Gasteiger partial charge in [0.25, 0.3) is 0 Å². The first-order chi connectivity index (χ1) is 8.13. The van der Waals surface area contributed by atoms with Crippen LogP contribution in [-0.2, 0) is 9.53 Å². The van der Waals surface area contributed by atoms with Crippen molar-refractivity contribution in [2.24, 2.45) is 0 Å². The lowest BCUT2D eigenvalue weighted by Gasteiger charge is -2.28. The molecule has 2 rings (SSSR count). The minimum Gasteiger partial charge on any atom is -0.466 e. The van der Waals surface area contributed by atoms with Gasteiger partial charge in [0, 0.05) is 10.6 Å². The van der Waals surface area contributed by atoms with Gasteiger partial charge < -0.3 is 15.4 Å². The molecule has 17 heavy (non-hydrogen) atoms. The van der Waals surface area contributed by atoms with E-state index in [1.54, 1.807) is 11.3 Å². The number of hydrogen-bond donors (Lipinski definition) is 2. The van der Waals surface area contributed by atoms with Crippen molar-refractivity contribution in [3.8, 4) is 0 Å². The number of nitrogens with one attached hydrogen (secondary N) is 2. The fourth-order valence-electron chi connectivity index (χ4n) is 1.74. The molecule has 1 aromatic heterocycles. The topological polar surface area (TPSA) is 50.4 Å². The highest BCUT2D eigenvalue weighted by molar-refractivity contribution is 7.80. The van der Waals surface area contributed by atoms with Crippen molar-refractivity contribution in [3.05, 3.63) is 33.7 Å². The summed E-state index contributed by atoms with van der Waals surface area (Å²) >= 11 is 6.68. The predicted octanol–water partition coefficient (Wildman–Crippen LogP) is 1.71. The van der Waals surface area contributed by atoms with Gasteiger partial charge in [-0.3, -0.25) is 0 Å². The standard InChI is InChI=1S/C11H12N2O2S2/c1-6-8(10(14)15-2)9(13-11(16)12-6)7-4-3-5-17-7/h3-5,9H,1-2H3,(H2,12,13,16)/t9-/m0/s1. The number of esters is 1. The normalized spacial score (nSPS) is 19.6. The van der Waals surface area contributed by atoms with E-state index in [1.807, 2.05) is 24.4 Å². The van der Waals surface area contributed by atoms with Gasteiger partial charge in [0.15, 0.2) is 5.11 Å². The van der Waals surface area contributed by atoms with Crippen molar-refractivity contribution in [2.75, 3.05) is 7.11 Å². The number of carbonyl (C=O) groups excluding carboxylic acids is 1. The highest BCUT2D eigenvalue weighted by Crippen LogP contribution is 2.30. The van der Waals surface area contributed by atoms with Gasteiger partial charge >= 0.3 is 5.97 Å². The fourth-order valence-corrected chi connectivity index (χ4v) is 2.80. The number of allylic oxidation sites excluding steroid dienone is 1. The van der Waals surface area contributed by atoms with Crippen LogP contribution in [0.1, 0.15) is 17.8 Å². The number of carbonyl (C=O) groups is 1. The molecule has 0 fully saturated rings. The van der Waals surface area contributed by atoms with Crippen LogP contribution in [0.5, 0.6) is 0 Å². The molecule has 0 aliphatic carbocycles. The summed E-state index contributed by atoms with van der Waals surface area (Å²) in [7, 11) is 1.38. The third kappa shape index (κ3) is 2.32. The first-order valence-corrected chi connectivity index (χ1v) is 6.32. The average Bonchev–Trinajstić information content (AvgIpc) is 2.80. The summed E-state index contributed by atoms with van der Waals surface area (Å²) in [6, 6.07) is 3.68. The number of ether oxygens (including phenoxy) is 1. The van der Waals surface area contributed by atoms with Crippen LogP contribution >= 0.6 is 23.6 Å². The quantitative estimate of drug-likeness (QED) is 0.632. The molecule has 1 atom stereocenters. The molecule has 0 unspecified atom stereocenters. The Morgan fingerprint density at radius 3 is 2.94 bits per heavy atom. The van der Waals surface area contributed by atoms with Crippen LogP contribution in [-0.4, -0.2) is 18.2 Å². The van der Waals surface area contributed by atoms with E-state index >= 15 is 0 Å². The maximum atomic E-state index is 11.8. The molecule has 0 spiro atoms. The highest BCUT2D eigenvalue weighted by Gasteiger charge is 2.30. The molecule has 0 radical (unpaired) electrons. The van der Waals surface area contributed by atoms with Crippen molar-refractivity contribution in [3.63, 3.8) is 0 Å². The first-order valence-electron chi connectivity index (χ1n) is 5.03. The molecule has 1 aliphatic rings. The highest BCUT2D eigenvalue weighted by atomic mass is 32.1. The Morgan fingerprint density at radius 2 is 2.35 bits per heavy atom. The van der Waals surface area contributed by atoms with Crippen molar-refractivity contribution < 1.29 is 9.53 Å². The van der Waals surface area contributed by atoms with E-state index in [4.69, 9.17) is 17.0 Å². The van der Waals surface area contributed by atoms with E-state index < -0.39 is 0 Å². The lowest BCUT2D eigenvalue weighted by molar-refractivity contribution is -0.136. The van der Waals surface area contributed by atoms with Gasteiger partial charge in [-0.05, 0) is 30.6 Å². The molecular formula is C11H12N2O2S2. The first kappa shape index (κ1) is 12.1. The van der Waals surface area contributed by atoms with Crippen LogP contribution < -0.4 is 10.6 Å². The molecule has 0 amide bonds. The Balaban J connectivity index is 2.44. The van der Waals surface area contributed by atoms with Crippen molar-refractivity contribution >= 4 is 34.6 Å². The van der Waals surface area contributed by atoms with Crippen LogP contribution in [0.15, 0.2) is 28.8 Å². The minimum absolute atomic E-state index is 0.226. The lowest BCUT2D eigenvalue weighted by atomic mass is 10.0. The Bertz CT molecular complexity index is 480. The summed E-state index contributed by atoms with van der Waals surface area (Å²) in [6.45, 7) is 1.82. The van der Waals surface area contributed by atoms with Crippen molar-refractivity contribution in [2.45, 2.75) is 13.0 Å². The molecule has 0 saturated carbocycles. The Hall–Kier alpha value is -1.40. The molecular weight excluding hydrogens is 256 g/mol. The third-order valence-electron chi connectivity index (χ3n) is 2.50. The van der Waals surface area contributed by atoms with E-state index in [-0.39, 0.29) is 12.0 Å². The van der Waals surface area contributed by atoms with Gasteiger partial charge in [0.1, 0.15) is 0 Å². The van der Waals surface area contributed by atoms with Crippen LogP contribution in [0.3, 0.4) is 0 Å². The number of hydrogen-bond acceptors (Lipinski definition) is 4. The third-order valence-corrected chi connectivity index (χ3v) is 3.66. The van der Waals surface area contributed by atoms with Gasteiger partial charge in [0.2, 0.25) is 0 Å². The summed E-state index contributed by atoms with van der Waals surface area (Å²) < 4.78 is 4.81. The molecule has 0 aromatic carbocycles. The number of methoxy groups -OCH3 is 1. The van der Waals surface area contributed by atoms with E-state index in [0.717, 1.165) is 10.6 Å². The van der Waals surface area contributed by atoms with E-state index in [0.29, 0.717) is 10.7 Å². The summed E-state index contributed by atoms with van der Waals surface area (Å²) in [5.74, 6) is -0.344. The fraction of sp³-hybridized carbons (Fsp3) is 0.273.